The van der Waals surface area contributed by atoms with E-state index in [4.69, 9.17) is 0 Å². The molecule has 0 atom stereocenters. The molecular formula is C14H27NS. The Morgan fingerprint density at radius 2 is 1.50 bits per heavy atom. The number of hydrogen-bond acceptors (Lipinski definition) is 2. The standard InChI is InChI=1S/C12H25NS.C2H2/c1-2-3-4-5-6-7-8-13-9-11-14-12-10-13;1-2/h2-12H2,1H3;1-2H. The van der Waals surface area contributed by atoms with E-state index in [0.717, 1.165) is 0 Å². The minimum atomic E-state index is 1.33. The molecule has 1 fully saturated rings. The number of rotatable bonds is 7. The number of unbranched alkanes of at least 4 members (excludes halogenated alkanes) is 5. The number of hydrogen-bond donors (Lipinski definition) is 0. The van der Waals surface area contributed by atoms with Gasteiger partial charge in [0.2, 0.25) is 0 Å². The predicted octanol–water partition coefficient (Wildman–Crippen LogP) is 3.65. The third kappa shape index (κ3) is 9.12. The van der Waals surface area contributed by atoms with Gasteiger partial charge in [0.1, 0.15) is 0 Å². The largest absolute Gasteiger partial charge is 0.302 e. The summed E-state index contributed by atoms with van der Waals surface area (Å²) in [4.78, 5) is 2.64. The monoisotopic (exact) mass is 241 g/mol. The third-order valence-electron chi connectivity index (χ3n) is 2.93. The Bertz CT molecular complexity index is 150. The molecule has 0 unspecified atom stereocenters. The van der Waals surface area contributed by atoms with Crippen LogP contribution in [0.1, 0.15) is 45.4 Å². The second-order valence-corrected chi connectivity index (χ2v) is 5.45. The third-order valence-corrected chi connectivity index (χ3v) is 3.87. The zero-order chi connectivity index (χ0) is 12.1. The Morgan fingerprint density at radius 1 is 0.938 bits per heavy atom. The van der Waals surface area contributed by atoms with Crippen molar-refractivity contribution < 1.29 is 0 Å². The lowest BCUT2D eigenvalue weighted by Crippen LogP contribution is -2.33. The molecule has 0 aromatic carbocycles. The fourth-order valence-electron chi connectivity index (χ4n) is 1.94. The molecule has 0 aromatic rings. The molecule has 0 saturated carbocycles. The summed E-state index contributed by atoms with van der Waals surface area (Å²) in [5, 5.41) is 0. The van der Waals surface area contributed by atoms with E-state index in [0.29, 0.717) is 0 Å². The van der Waals surface area contributed by atoms with Crippen LogP contribution in [0.5, 0.6) is 0 Å². The maximum absolute atomic E-state index is 4.00. The highest BCUT2D eigenvalue weighted by atomic mass is 32.2. The van der Waals surface area contributed by atoms with E-state index in [1.165, 1.54) is 69.7 Å². The summed E-state index contributed by atoms with van der Waals surface area (Å²) in [5.74, 6) is 2.71. The van der Waals surface area contributed by atoms with Crippen molar-refractivity contribution in [3.63, 3.8) is 0 Å². The molecular weight excluding hydrogens is 214 g/mol. The molecule has 0 amide bonds. The Balaban J connectivity index is 0.00000106. The van der Waals surface area contributed by atoms with Gasteiger partial charge >= 0.3 is 0 Å². The van der Waals surface area contributed by atoms with Crippen LogP contribution in [0.15, 0.2) is 0 Å². The molecule has 0 radical (unpaired) electrons. The molecule has 1 nitrogen and oxygen atoms in total. The summed E-state index contributed by atoms with van der Waals surface area (Å²) < 4.78 is 0. The van der Waals surface area contributed by atoms with Crippen LogP contribution in [-0.4, -0.2) is 36.0 Å². The topological polar surface area (TPSA) is 3.24 Å². The predicted molar refractivity (Wildman–Crippen MR) is 77.0 cm³/mol. The van der Waals surface area contributed by atoms with Crippen LogP contribution in [-0.2, 0) is 0 Å². The summed E-state index contributed by atoms with van der Waals surface area (Å²) in [7, 11) is 0. The Labute approximate surface area is 106 Å². The van der Waals surface area contributed by atoms with Crippen molar-refractivity contribution in [2.45, 2.75) is 45.4 Å². The number of terminal acetylenes is 1. The van der Waals surface area contributed by atoms with Gasteiger partial charge in [-0.15, -0.1) is 12.8 Å². The smallest absolute Gasteiger partial charge is 0.00727 e. The van der Waals surface area contributed by atoms with Crippen LogP contribution in [0.4, 0.5) is 0 Å². The van der Waals surface area contributed by atoms with Crippen molar-refractivity contribution in [3.05, 3.63) is 0 Å². The maximum atomic E-state index is 4.00. The number of nitrogens with zero attached hydrogens (tertiary/aromatic N) is 1. The molecule has 94 valence electrons. The van der Waals surface area contributed by atoms with Gasteiger partial charge in [-0.3, -0.25) is 0 Å². The van der Waals surface area contributed by atoms with Crippen molar-refractivity contribution in [2.75, 3.05) is 31.1 Å². The van der Waals surface area contributed by atoms with Gasteiger partial charge in [-0.1, -0.05) is 39.0 Å². The van der Waals surface area contributed by atoms with Gasteiger partial charge in [-0.2, -0.15) is 11.8 Å². The van der Waals surface area contributed by atoms with E-state index < -0.39 is 0 Å². The first-order chi connectivity index (χ1) is 7.93. The Kier molecular flexibility index (Phi) is 12.8. The zero-order valence-electron chi connectivity index (χ0n) is 10.8. The lowest BCUT2D eigenvalue weighted by molar-refractivity contribution is 0.294. The Hall–Kier alpha value is -0.130. The molecule has 0 aromatic heterocycles. The lowest BCUT2D eigenvalue weighted by atomic mass is 10.1. The first-order valence-electron chi connectivity index (χ1n) is 6.57. The van der Waals surface area contributed by atoms with Crippen LogP contribution in [0.2, 0.25) is 0 Å². The first-order valence-corrected chi connectivity index (χ1v) is 7.72. The van der Waals surface area contributed by atoms with Crippen LogP contribution in [0.25, 0.3) is 0 Å². The van der Waals surface area contributed by atoms with Gasteiger partial charge in [0, 0.05) is 24.6 Å². The molecule has 0 N–H and O–H groups in total. The van der Waals surface area contributed by atoms with Gasteiger partial charge in [-0.25, -0.2) is 0 Å². The number of thioether (sulfide) groups is 1. The lowest BCUT2D eigenvalue weighted by Gasteiger charge is -2.25. The minimum absolute atomic E-state index is 1.33. The molecule has 1 saturated heterocycles. The van der Waals surface area contributed by atoms with Crippen molar-refractivity contribution in [2.24, 2.45) is 0 Å². The van der Waals surface area contributed by atoms with Crippen molar-refractivity contribution in [3.8, 4) is 12.8 Å². The molecule has 1 aliphatic rings. The van der Waals surface area contributed by atoms with Crippen LogP contribution < -0.4 is 0 Å². The molecule has 0 spiro atoms. The van der Waals surface area contributed by atoms with E-state index in [9.17, 15) is 0 Å². The van der Waals surface area contributed by atoms with Gasteiger partial charge in [0.25, 0.3) is 0 Å². The van der Waals surface area contributed by atoms with E-state index in [1.807, 2.05) is 0 Å². The molecule has 1 heterocycles. The quantitative estimate of drug-likeness (QED) is 0.494. The minimum Gasteiger partial charge on any atom is -0.302 e. The molecule has 16 heavy (non-hydrogen) atoms. The first kappa shape index (κ1) is 15.9. The molecule has 0 bridgehead atoms. The van der Waals surface area contributed by atoms with Gasteiger partial charge in [-0.05, 0) is 13.0 Å². The summed E-state index contributed by atoms with van der Waals surface area (Å²) in [6, 6.07) is 0. The molecule has 1 rings (SSSR count). The Morgan fingerprint density at radius 3 is 2.12 bits per heavy atom. The summed E-state index contributed by atoms with van der Waals surface area (Å²) in [6.07, 6.45) is 16.6. The summed E-state index contributed by atoms with van der Waals surface area (Å²) in [5.41, 5.74) is 0. The molecule has 1 aliphatic heterocycles. The highest BCUT2D eigenvalue weighted by Crippen LogP contribution is 2.11. The van der Waals surface area contributed by atoms with Crippen molar-refractivity contribution >= 4 is 11.8 Å². The van der Waals surface area contributed by atoms with E-state index in [2.05, 4.69) is 36.4 Å². The average molecular weight is 241 g/mol. The fraction of sp³-hybridized carbons (Fsp3) is 0.857. The van der Waals surface area contributed by atoms with Crippen molar-refractivity contribution in [1.29, 1.82) is 0 Å². The summed E-state index contributed by atoms with van der Waals surface area (Å²) >= 11 is 2.11. The van der Waals surface area contributed by atoms with E-state index >= 15 is 0 Å². The SMILES string of the molecule is C#C.CCCCCCCCN1CCSCC1. The van der Waals surface area contributed by atoms with Crippen LogP contribution >= 0.6 is 11.8 Å². The van der Waals surface area contributed by atoms with Gasteiger partial charge in [0.15, 0.2) is 0 Å². The van der Waals surface area contributed by atoms with E-state index in [-0.39, 0.29) is 0 Å². The summed E-state index contributed by atoms with van der Waals surface area (Å²) in [6.45, 7) is 6.30. The molecule has 2 heteroatoms. The normalized spacial score (nSPS) is 16.4. The fourth-order valence-corrected chi connectivity index (χ4v) is 2.92. The van der Waals surface area contributed by atoms with Crippen LogP contribution in [0.3, 0.4) is 0 Å². The van der Waals surface area contributed by atoms with Gasteiger partial charge in [0.05, 0.1) is 0 Å². The zero-order valence-corrected chi connectivity index (χ0v) is 11.6. The van der Waals surface area contributed by atoms with Crippen molar-refractivity contribution in [1.82, 2.24) is 4.90 Å². The van der Waals surface area contributed by atoms with E-state index in [1.54, 1.807) is 0 Å². The average Bonchev–Trinajstić information content (AvgIpc) is 2.37. The highest BCUT2D eigenvalue weighted by molar-refractivity contribution is 7.99. The second kappa shape index (κ2) is 12.9. The van der Waals surface area contributed by atoms with Crippen LogP contribution in [0, 0.1) is 12.8 Å². The van der Waals surface area contributed by atoms with Gasteiger partial charge < -0.3 is 4.90 Å². The highest BCUT2D eigenvalue weighted by Gasteiger charge is 2.08. The second-order valence-electron chi connectivity index (χ2n) is 4.22. The maximum Gasteiger partial charge on any atom is 0.00727 e. The molecule has 0 aliphatic carbocycles.